The molecule has 4 heterocycles. The third kappa shape index (κ3) is 8.45. The van der Waals surface area contributed by atoms with Gasteiger partial charge in [0.25, 0.3) is 0 Å². The van der Waals surface area contributed by atoms with Crippen LogP contribution in [0.1, 0.15) is 96.7 Å². The Hall–Kier alpha value is -5.98. The van der Waals surface area contributed by atoms with Gasteiger partial charge in [0.1, 0.15) is 22.1 Å². The molecule has 62 heavy (non-hydrogen) atoms. The summed E-state index contributed by atoms with van der Waals surface area (Å²) < 4.78 is 0. The van der Waals surface area contributed by atoms with Crippen LogP contribution in [0.15, 0.2) is 122 Å². The van der Waals surface area contributed by atoms with E-state index in [1.54, 1.807) is 22.7 Å². The van der Waals surface area contributed by atoms with Crippen molar-refractivity contribution in [2.75, 3.05) is 13.1 Å². The van der Waals surface area contributed by atoms with Gasteiger partial charge < -0.3 is 20.4 Å². The Bertz CT molecular complexity index is 2390. The summed E-state index contributed by atoms with van der Waals surface area (Å²) in [4.78, 5) is 69.5. The molecule has 2 saturated heterocycles. The van der Waals surface area contributed by atoms with Crippen LogP contribution in [0, 0.1) is 11.8 Å². The predicted octanol–water partition coefficient (Wildman–Crippen LogP) is 9.46. The summed E-state index contributed by atoms with van der Waals surface area (Å²) in [5.41, 5.74) is 5.95. The molecule has 0 radical (unpaired) electrons. The normalized spacial score (nSPS) is 19.5. The van der Waals surface area contributed by atoms with Crippen LogP contribution >= 0.6 is 22.7 Å². The van der Waals surface area contributed by atoms with Crippen LogP contribution in [-0.2, 0) is 19.2 Å². The minimum Gasteiger partial charge on any atom is -0.340 e. The minimum absolute atomic E-state index is 0.0108. The molecule has 2 saturated carbocycles. The number of rotatable bonds is 13. The molecule has 2 aliphatic carbocycles. The maximum atomic E-state index is 14.1. The Balaban J connectivity index is 0.797. The average molecular weight is 861 g/mol. The zero-order chi connectivity index (χ0) is 42.2. The van der Waals surface area contributed by atoms with E-state index in [0.29, 0.717) is 13.1 Å². The SMILES string of the molecule is O=C(N[C@H](C(=O)N1CCC[C@@H]1c1ncc(-c2ccc(-c3ccc(-c4cnc([C@H]5CCCN5C(=O)[C@@H](NC(=O)C5CC5)c5ccccc5)s4)cc3)cc2)s1)c1ccccc1)C1CC1. The highest BCUT2D eigenvalue weighted by Gasteiger charge is 2.41. The molecule has 6 aromatic rings. The van der Waals surface area contributed by atoms with E-state index < -0.39 is 12.1 Å². The van der Waals surface area contributed by atoms with E-state index >= 15 is 0 Å². The van der Waals surface area contributed by atoms with Crippen molar-refractivity contribution >= 4 is 46.3 Å². The van der Waals surface area contributed by atoms with E-state index in [-0.39, 0.29) is 47.5 Å². The molecule has 4 atom stereocenters. The van der Waals surface area contributed by atoms with Gasteiger partial charge in [-0.25, -0.2) is 9.97 Å². The maximum Gasteiger partial charge on any atom is 0.250 e. The van der Waals surface area contributed by atoms with E-state index in [1.807, 2.05) is 82.9 Å². The van der Waals surface area contributed by atoms with Gasteiger partial charge in [-0.3, -0.25) is 19.2 Å². The van der Waals surface area contributed by atoms with Crippen LogP contribution in [-0.4, -0.2) is 56.5 Å². The smallest absolute Gasteiger partial charge is 0.250 e. The highest BCUT2D eigenvalue weighted by molar-refractivity contribution is 7.15. The number of carbonyl (C=O) groups excluding carboxylic acids is 4. The van der Waals surface area contributed by atoms with Crippen molar-refractivity contribution < 1.29 is 19.2 Å². The fraction of sp³-hybridized carbons (Fsp3) is 0.320. The lowest BCUT2D eigenvalue weighted by molar-refractivity contribution is -0.138. The fourth-order valence-electron chi connectivity index (χ4n) is 8.79. The third-order valence-electron chi connectivity index (χ3n) is 12.6. The number of nitrogens with one attached hydrogen (secondary N) is 2. The van der Waals surface area contributed by atoms with Crippen LogP contribution in [0.25, 0.3) is 32.0 Å². The van der Waals surface area contributed by atoms with Gasteiger partial charge in [0.05, 0.1) is 21.8 Å². The number of nitrogens with zero attached hydrogens (tertiary/aromatic N) is 4. The van der Waals surface area contributed by atoms with Crippen LogP contribution in [0.4, 0.5) is 0 Å². The van der Waals surface area contributed by atoms with Gasteiger partial charge in [0, 0.05) is 37.3 Å². The molecule has 12 heteroatoms. The molecular weight excluding hydrogens is 813 g/mol. The quantitative estimate of drug-likeness (QED) is 0.119. The maximum absolute atomic E-state index is 14.1. The van der Waals surface area contributed by atoms with Gasteiger partial charge in [0.2, 0.25) is 23.6 Å². The highest BCUT2D eigenvalue weighted by atomic mass is 32.1. The van der Waals surface area contributed by atoms with Gasteiger partial charge in [-0.15, -0.1) is 22.7 Å². The van der Waals surface area contributed by atoms with Crippen LogP contribution in [0.3, 0.4) is 0 Å². The molecule has 4 amide bonds. The van der Waals surface area contributed by atoms with Gasteiger partial charge in [-0.1, -0.05) is 109 Å². The highest BCUT2D eigenvalue weighted by Crippen LogP contribution is 2.42. The van der Waals surface area contributed by atoms with Gasteiger partial charge in [-0.05, 0) is 84.7 Å². The van der Waals surface area contributed by atoms with Gasteiger partial charge in [0.15, 0.2) is 0 Å². The third-order valence-corrected chi connectivity index (χ3v) is 14.9. The Morgan fingerprint density at radius 1 is 0.500 bits per heavy atom. The number of thiazole rings is 2. The monoisotopic (exact) mass is 860 g/mol. The minimum atomic E-state index is -0.711. The lowest BCUT2D eigenvalue weighted by atomic mass is 10.0. The number of aromatic nitrogens is 2. The summed E-state index contributed by atoms with van der Waals surface area (Å²) in [5, 5.41) is 7.96. The molecule has 4 fully saturated rings. The second kappa shape index (κ2) is 17.4. The number of amides is 4. The van der Waals surface area contributed by atoms with Crippen molar-refractivity contribution in [3.63, 3.8) is 0 Å². The molecule has 10 nitrogen and oxygen atoms in total. The lowest BCUT2D eigenvalue weighted by Gasteiger charge is -2.28. The second-order valence-electron chi connectivity index (χ2n) is 16.9. The van der Waals surface area contributed by atoms with Crippen LogP contribution in [0.5, 0.6) is 0 Å². The molecule has 4 aliphatic rings. The van der Waals surface area contributed by atoms with Gasteiger partial charge in [-0.2, -0.15) is 0 Å². The van der Waals surface area contributed by atoms with Crippen molar-refractivity contribution in [3.05, 3.63) is 143 Å². The van der Waals surface area contributed by atoms with Crippen molar-refractivity contribution in [3.8, 4) is 32.0 Å². The summed E-state index contributed by atoms with van der Waals surface area (Å²) in [6.07, 6.45) is 10.8. The molecular formula is C50H48N6O4S2. The Labute approximate surface area is 369 Å². The first-order valence-corrected chi connectivity index (χ1v) is 23.5. The number of hydrogen-bond donors (Lipinski definition) is 2. The molecule has 10 rings (SSSR count). The first-order valence-electron chi connectivity index (χ1n) is 21.8. The Morgan fingerprint density at radius 2 is 0.871 bits per heavy atom. The molecule has 0 bridgehead atoms. The summed E-state index contributed by atoms with van der Waals surface area (Å²) in [6, 6.07) is 34.5. The Morgan fingerprint density at radius 3 is 1.24 bits per heavy atom. The van der Waals surface area contributed by atoms with Crippen molar-refractivity contribution in [1.29, 1.82) is 0 Å². The molecule has 4 aromatic carbocycles. The summed E-state index contributed by atoms with van der Waals surface area (Å²) in [6.45, 7) is 1.27. The predicted molar refractivity (Wildman–Crippen MR) is 242 cm³/mol. The number of carbonyl (C=O) groups is 4. The topological polar surface area (TPSA) is 125 Å². The van der Waals surface area contributed by atoms with Crippen molar-refractivity contribution in [2.45, 2.75) is 75.5 Å². The van der Waals surface area contributed by atoms with Crippen molar-refractivity contribution in [1.82, 2.24) is 30.4 Å². The zero-order valence-electron chi connectivity index (χ0n) is 34.3. The molecule has 314 valence electrons. The summed E-state index contributed by atoms with van der Waals surface area (Å²) in [7, 11) is 0. The average Bonchev–Trinajstić information content (AvgIpc) is 4.07. The summed E-state index contributed by atoms with van der Waals surface area (Å²) in [5.74, 6) is -0.215. The van der Waals surface area contributed by atoms with E-state index in [1.165, 1.54) is 0 Å². The molecule has 0 spiro atoms. The van der Waals surface area contributed by atoms with E-state index in [9.17, 15) is 19.2 Å². The van der Waals surface area contributed by atoms with E-state index in [0.717, 1.165) is 105 Å². The lowest BCUT2D eigenvalue weighted by Crippen LogP contribution is -2.43. The number of hydrogen-bond acceptors (Lipinski definition) is 8. The molecule has 2 aromatic heterocycles. The standard InChI is InChI=1S/C50H48N6O4S2/c57-45(37-23-24-37)53-43(35-9-3-1-4-10-35)49(59)55-27-7-13-39(55)47-51-29-41(61-47)33-19-15-31(16-20-33)32-17-21-34(22-18-32)42-30-52-48(62-42)40-14-8-28-56(40)50(60)44(36-11-5-2-6-12-36)54-46(58)38-25-26-38/h1-6,9-12,15-22,29-30,37-40,43-44H,7-8,13-14,23-28H2,(H,53,57)(H,54,58)/t39-,40-,43+,44+/m1/s1. The van der Waals surface area contributed by atoms with E-state index in [2.05, 4.69) is 59.2 Å². The van der Waals surface area contributed by atoms with Crippen LogP contribution in [0.2, 0.25) is 0 Å². The zero-order valence-corrected chi connectivity index (χ0v) is 36.0. The molecule has 2 aliphatic heterocycles. The second-order valence-corrected chi connectivity index (χ2v) is 19.0. The van der Waals surface area contributed by atoms with Crippen molar-refractivity contribution in [2.24, 2.45) is 11.8 Å². The first kappa shape index (κ1) is 40.1. The first-order chi connectivity index (χ1) is 30.4. The van der Waals surface area contributed by atoms with Crippen LogP contribution < -0.4 is 10.6 Å². The van der Waals surface area contributed by atoms with E-state index in [4.69, 9.17) is 9.97 Å². The number of likely N-dealkylation sites (tertiary alicyclic amines) is 2. The fourth-order valence-corrected chi connectivity index (χ4v) is 10.9. The molecule has 0 unspecified atom stereocenters. The van der Waals surface area contributed by atoms with Gasteiger partial charge >= 0.3 is 0 Å². The molecule has 2 N–H and O–H groups in total. The summed E-state index contributed by atoms with van der Waals surface area (Å²) >= 11 is 3.25. The largest absolute Gasteiger partial charge is 0.340 e. The number of benzene rings is 4. The Kier molecular flexibility index (Phi) is 11.3.